The lowest BCUT2D eigenvalue weighted by Crippen LogP contribution is -2.30. The van der Waals surface area contributed by atoms with Gasteiger partial charge < -0.3 is 5.32 Å². The lowest BCUT2D eigenvalue weighted by molar-refractivity contribution is 0.313. The third-order valence-electron chi connectivity index (χ3n) is 4.39. The van der Waals surface area contributed by atoms with Gasteiger partial charge in [-0.3, -0.25) is 0 Å². The zero-order chi connectivity index (χ0) is 11.0. The zero-order valence-corrected chi connectivity index (χ0v) is 10.1. The molecular formula is C15H21N. The van der Waals surface area contributed by atoms with Crippen LogP contribution in [-0.4, -0.2) is 6.54 Å². The Morgan fingerprint density at radius 2 is 2.12 bits per heavy atom. The summed E-state index contributed by atoms with van der Waals surface area (Å²) in [5.74, 6) is 1.74. The van der Waals surface area contributed by atoms with Crippen molar-refractivity contribution in [2.45, 2.75) is 44.9 Å². The van der Waals surface area contributed by atoms with Crippen LogP contribution < -0.4 is 5.32 Å². The van der Waals surface area contributed by atoms with E-state index in [1.165, 1.54) is 43.5 Å². The van der Waals surface area contributed by atoms with Gasteiger partial charge in [0.1, 0.15) is 0 Å². The molecule has 1 aromatic rings. The SMILES string of the molecule is CCc1ccc2c(c1)C1CCCCC1CN2. The first-order valence-electron chi connectivity index (χ1n) is 6.75. The monoisotopic (exact) mass is 215 g/mol. The summed E-state index contributed by atoms with van der Waals surface area (Å²) in [5.41, 5.74) is 4.50. The molecule has 1 aromatic carbocycles. The van der Waals surface area contributed by atoms with E-state index in [2.05, 4.69) is 30.4 Å². The highest BCUT2D eigenvalue weighted by Gasteiger charge is 2.31. The Balaban J connectivity index is 1.98. The minimum atomic E-state index is 0.844. The second-order valence-corrected chi connectivity index (χ2v) is 5.31. The summed E-state index contributed by atoms with van der Waals surface area (Å²) in [6, 6.07) is 7.01. The molecule has 0 aromatic heterocycles. The Hall–Kier alpha value is -0.980. The molecule has 1 nitrogen and oxygen atoms in total. The quantitative estimate of drug-likeness (QED) is 0.748. The smallest absolute Gasteiger partial charge is 0.0375 e. The normalized spacial score (nSPS) is 27.8. The van der Waals surface area contributed by atoms with Gasteiger partial charge in [0.05, 0.1) is 0 Å². The third-order valence-corrected chi connectivity index (χ3v) is 4.39. The maximum absolute atomic E-state index is 3.61. The molecule has 2 aliphatic rings. The van der Waals surface area contributed by atoms with Crippen LogP contribution >= 0.6 is 0 Å². The number of aryl methyl sites for hydroxylation is 1. The van der Waals surface area contributed by atoms with E-state index in [4.69, 9.17) is 0 Å². The van der Waals surface area contributed by atoms with Crippen molar-refractivity contribution in [3.63, 3.8) is 0 Å². The van der Waals surface area contributed by atoms with Crippen LogP contribution in [0.3, 0.4) is 0 Å². The largest absolute Gasteiger partial charge is 0.385 e. The Bertz CT molecular complexity index is 383. The zero-order valence-electron chi connectivity index (χ0n) is 10.1. The van der Waals surface area contributed by atoms with Gasteiger partial charge in [0.25, 0.3) is 0 Å². The van der Waals surface area contributed by atoms with Crippen LogP contribution in [0.25, 0.3) is 0 Å². The second-order valence-electron chi connectivity index (χ2n) is 5.31. The molecular weight excluding hydrogens is 194 g/mol. The molecule has 1 N–H and O–H groups in total. The van der Waals surface area contributed by atoms with Crippen molar-refractivity contribution in [3.05, 3.63) is 29.3 Å². The Labute approximate surface area is 98.3 Å². The first-order valence-corrected chi connectivity index (χ1v) is 6.75. The summed E-state index contributed by atoms with van der Waals surface area (Å²) < 4.78 is 0. The predicted octanol–water partition coefficient (Wildman–Crippen LogP) is 3.95. The fraction of sp³-hybridized carbons (Fsp3) is 0.600. The number of hydrogen-bond donors (Lipinski definition) is 1. The first-order chi connectivity index (χ1) is 7.88. The Morgan fingerprint density at radius 1 is 1.25 bits per heavy atom. The van der Waals surface area contributed by atoms with E-state index in [1.54, 1.807) is 5.56 Å². The number of fused-ring (bicyclic) bond motifs is 3. The molecule has 2 atom stereocenters. The fourth-order valence-electron chi connectivity index (χ4n) is 3.40. The van der Waals surface area contributed by atoms with Crippen LogP contribution in [0.15, 0.2) is 18.2 Å². The van der Waals surface area contributed by atoms with Crippen molar-refractivity contribution in [2.75, 3.05) is 11.9 Å². The molecule has 1 heteroatoms. The van der Waals surface area contributed by atoms with Crippen molar-refractivity contribution >= 4 is 5.69 Å². The highest BCUT2D eigenvalue weighted by Crippen LogP contribution is 2.44. The summed E-state index contributed by atoms with van der Waals surface area (Å²) in [7, 11) is 0. The lowest BCUT2D eigenvalue weighted by atomic mass is 9.73. The van der Waals surface area contributed by atoms with Crippen LogP contribution in [0.1, 0.15) is 49.7 Å². The second kappa shape index (κ2) is 4.12. The van der Waals surface area contributed by atoms with Crippen molar-refractivity contribution in [1.29, 1.82) is 0 Å². The predicted molar refractivity (Wildman–Crippen MR) is 69.0 cm³/mol. The van der Waals surface area contributed by atoms with Crippen LogP contribution in [0.2, 0.25) is 0 Å². The average molecular weight is 215 g/mol. The molecule has 3 rings (SSSR count). The molecule has 0 amide bonds. The summed E-state index contributed by atoms with van der Waals surface area (Å²) in [4.78, 5) is 0. The topological polar surface area (TPSA) is 12.0 Å². The molecule has 1 aliphatic heterocycles. The average Bonchev–Trinajstić information content (AvgIpc) is 2.38. The van der Waals surface area contributed by atoms with Gasteiger partial charge in [0, 0.05) is 12.2 Å². The molecule has 0 spiro atoms. The van der Waals surface area contributed by atoms with Crippen LogP contribution in [0, 0.1) is 5.92 Å². The van der Waals surface area contributed by atoms with Crippen molar-refractivity contribution in [1.82, 2.24) is 0 Å². The van der Waals surface area contributed by atoms with Gasteiger partial charge in [-0.1, -0.05) is 31.9 Å². The summed E-state index contributed by atoms with van der Waals surface area (Å²) in [6.45, 7) is 3.44. The highest BCUT2D eigenvalue weighted by atomic mass is 14.9. The maximum Gasteiger partial charge on any atom is 0.0375 e. The standard InChI is InChI=1S/C15H21N/c1-2-11-7-8-15-14(9-11)13-6-4-3-5-12(13)10-16-15/h7-9,12-13,16H,2-6,10H2,1H3. The van der Waals surface area contributed by atoms with Gasteiger partial charge in [-0.15, -0.1) is 0 Å². The molecule has 16 heavy (non-hydrogen) atoms. The molecule has 2 unspecified atom stereocenters. The minimum Gasteiger partial charge on any atom is -0.385 e. The molecule has 1 aliphatic carbocycles. The van der Waals surface area contributed by atoms with Crippen molar-refractivity contribution in [3.8, 4) is 0 Å². The highest BCUT2D eigenvalue weighted by molar-refractivity contribution is 5.56. The van der Waals surface area contributed by atoms with E-state index in [1.807, 2.05) is 0 Å². The summed E-state index contributed by atoms with van der Waals surface area (Å²) in [6.07, 6.45) is 6.85. The summed E-state index contributed by atoms with van der Waals surface area (Å²) >= 11 is 0. The molecule has 86 valence electrons. The number of nitrogens with one attached hydrogen (secondary N) is 1. The summed E-state index contributed by atoms with van der Waals surface area (Å²) in [5, 5.41) is 3.61. The van der Waals surface area contributed by atoms with Gasteiger partial charge in [0.15, 0.2) is 0 Å². The first kappa shape index (κ1) is 10.2. The van der Waals surface area contributed by atoms with E-state index in [0.717, 1.165) is 18.3 Å². The van der Waals surface area contributed by atoms with Crippen LogP contribution in [-0.2, 0) is 6.42 Å². The number of anilines is 1. The Kier molecular flexibility index (Phi) is 2.62. The van der Waals surface area contributed by atoms with E-state index >= 15 is 0 Å². The molecule has 0 saturated heterocycles. The molecule has 1 saturated carbocycles. The lowest BCUT2D eigenvalue weighted by Gasteiger charge is -2.38. The molecule has 1 heterocycles. The van der Waals surface area contributed by atoms with E-state index in [9.17, 15) is 0 Å². The van der Waals surface area contributed by atoms with Gasteiger partial charge >= 0.3 is 0 Å². The van der Waals surface area contributed by atoms with E-state index in [0.29, 0.717) is 0 Å². The number of hydrogen-bond acceptors (Lipinski definition) is 1. The van der Waals surface area contributed by atoms with Crippen LogP contribution in [0.4, 0.5) is 5.69 Å². The van der Waals surface area contributed by atoms with E-state index < -0.39 is 0 Å². The molecule has 0 bridgehead atoms. The van der Waals surface area contributed by atoms with Crippen molar-refractivity contribution in [2.24, 2.45) is 5.92 Å². The molecule has 0 radical (unpaired) electrons. The fourth-order valence-corrected chi connectivity index (χ4v) is 3.40. The molecule has 1 fully saturated rings. The maximum atomic E-state index is 3.61. The number of benzene rings is 1. The van der Waals surface area contributed by atoms with Gasteiger partial charge in [0.2, 0.25) is 0 Å². The number of rotatable bonds is 1. The van der Waals surface area contributed by atoms with Gasteiger partial charge in [-0.2, -0.15) is 0 Å². The van der Waals surface area contributed by atoms with Gasteiger partial charge in [-0.25, -0.2) is 0 Å². The minimum absolute atomic E-state index is 0.844. The van der Waals surface area contributed by atoms with E-state index in [-0.39, 0.29) is 0 Å². The Morgan fingerprint density at radius 3 is 3.00 bits per heavy atom. The van der Waals surface area contributed by atoms with Gasteiger partial charge in [-0.05, 0) is 48.3 Å². The van der Waals surface area contributed by atoms with Crippen molar-refractivity contribution < 1.29 is 0 Å². The van der Waals surface area contributed by atoms with Crippen LogP contribution in [0.5, 0.6) is 0 Å². The third kappa shape index (κ3) is 1.63.